The van der Waals surface area contributed by atoms with Crippen LogP contribution < -0.4 is 11.3 Å². The summed E-state index contributed by atoms with van der Waals surface area (Å²) in [6.07, 6.45) is 0. The molecule has 1 heterocycles. The molecule has 1 aromatic heterocycles. The first-order valence-corrected chi connectivity index (χ1v) is 7.36. The zero-order valence-electron chi connectivity index (χ0n) is 10.7. The zero-order valence-corrected chi connectivity index (χ0v) is 13.1. The second-order valence-corrected chi connectivity index (χ2v) is 5.90. The molecule has 0 radical (unpaired) electrons. The van der Waals surface area contributed by atoms with E-state index in [-0.39, 0.29) is 5.58 Å². The highest BCUT2D eigenvalue weighted by Crippen LogP contribution is 2.33. The van der Waals surface area contributed by atoms with Gasteiger partial charge in [-0.3, -0.25) is 5.84 Å². The molecule has 0 amide bonds. The average molecular weight is 370 g/mol. The normalized spacial score (nSPS) is 12.8. The first-order chi connectivity index (χ1) is 10.1. The molecule has 3 rings (SSSR count). The standard InChI is InChI=1S/C15H11BrClFN2O/c16-9-4-5-10(11(17)7-9)14(20-19)13-6-8-2-1-3-12(18)15(8)21-13/h1-7,14,20H,19H2. The molecule has 0 saturated carbocycles. The van der Waals surface area contributed by atoms with Crippen LogP contribution in [0.5, 0.6) is 0 Å². The van der Waals surface area contributed by atoms with Crippen LogP contribution in [0.2, 0.25) is 5.02 Å². The third kappa shape index (κ3) is 2.70. The van der Waals surface area contributed by atoms with Crippen molar-refractivity contribution in [2.45, 2.75) is 6.04 Å². The van der Waals surface area contributed by atoms with E-state index in [0.717, 1.165) is 10.0 Å². The topological polar surface area (TPSA) is 51.2 Å². The summed E-state index contributed by atoms with van der Waals surface area (Å²) in [6.45, 7) is 0. The van der Waals surface area contributed by atoms with E-state index in [9.17, 15) is 4.39 Å². The van der Waals surface area contributed by atoms with Crippen LogP contribution in [-0.4, -0.2) is 0 Å². The van der Waals surface area contributed by atoms with Crippen molar-refractivity contribution in [1.29, 1.82) is 0 Å². The van der Waals surface area contributed by atoms with Gasteiger partial charge < -0.3 is 4.42 Å². The van der Waals surface area contributed by atoms with Gasteiger partial charge in [0.15, 0.2) is 11.4 Å². The summed E-state index contributed by atoms with van der Waals surface area (Å²) in [7, 11) is 0. The number of hydrazine groups is 1. The monoisotopic (exact) mass is 368 g/mol. The Kier molecular flexibility index (Phi) is 3.99. The van der Waals surface area contributed by atoms with Crippen molar-refractivity contribution in [2.24, 2.45) is 5.84 Å². The molecule has 0 bridgehead atoms. The highest BCUT2D eigenvalue weighted by Gasteiger charge is 2.20. The van der Waals surface area contributed by atoms with Gasteiger partial charge in [-0.2, -0.15) is 0 Å². The largest absolute Gasteiger partial charge is 0.456 e. The highest BCUT2D eigenvalue weighted by molar-refractivity contribution is 9.10. The first-order valence-electron chi connectivity index (χ1n) is 6.19. The van der Waals surface area contributed by atoms with Crippen LogP contribution in [0.4, 0.5) is 4.39 Å². The Balaban J connectivity index is 2.11. The maximum Gasteiger partial charge on any atom is 0.169 e. The maximum atomic E-state index is 13.7. The van der Waals surface area contributed by atoms with Crippen LogP contribution in [0.3, 0.4) is 0 Å². The Morgan fingerprint density at radius 1 is 1.24 bits per heavy atom. The lowest BCUT2D eigenvalue weighted by Crippen LogP contribution is -2.28. The van der Waals surface area contributed by atoms with Crippen LogP contribution in [0.15, 0.2) is 51.4 Å². The van der Waals surface area contributed by atoms with E-state index in [2.05, 4.69) is 21.4 Å². The second-order valence-electron chi connectivity index (χ2n) is 4.57. The van der Waals surface area contributed by atoms with Crippen molar-refractivity contribution >= 4 is 38.5 Å². The molecule has 1 unspecified atom stereocenters. The summed E-state index contributed by atoms with van der Waals surface area (Å²) >= 11 is 9.59. The van der Waals surface area contributed by atoms with Gasteiger partial charge in [-0.25, -0.2) is 9.82 Å². The fourth-order valence-electron chi connectivity index (χ4n) is 2.25. The predicted molar refractivity (Wildman–Crippen MR) is 84.5 cm³/mol. The Bertz CT molecular complexity index is 805. The van der Waals surface area contributed by atoms with E-state index in [1.807, 2.05) is 12.1 Å². The predicted octanol–water partition coefficient (Wildman–Crippen LogP) is 4.54. The summed E-state index contributed by atoms with van der Waals surface area (Å²) in [5.41, 5.74) is 3.62. The number of nitrogens with one attached hydrogen (secondary N) is 1. The molecular weight excluding hydrogens is 359 g/mol. The molecule has 0 fully saturated rings. The average Bonchev–Trinajstić information content (AvgIpc) is 2.87. The number of hydrogen-bond donors (Lipinski definition) is 2. The summed E-state index contributed by atoms with van der Waals surface area (Å²) in [6, 6.07) is 11.5. The lowest BCUT2D eigenvalue weighted by Gasteiger charge is -2.15. The fraction of sp³-hybridized carbons (Fsp3) is 0.0667. The second kappa shape index (κ2) is 5.77. The van der Waals surface area contributed by atoms with Gasteiger partial charge in [0.25, 0.3) is 0 Å². The number of para-hydroxylation sites is 1. The number of benzene rings is 2. The molecule has 21 heavy (non-hydrogen) atoms. The van der Waals surface area contributed by atoms with E-state index in [4.69, 9.17) is 21.9 Å². The van der Waals surface area contributed by atoms with Crippen molar-refractivity contribution < 1.29 is 8.81 Å². The highest BCUT2D eigenvalue weighted by atomic mass is 79.9. The van der Waals surface area contributed by atoms with Crippen molar-refractivity contribution in [2.75, 3.05) is 0 Å². The van der Waals surface area contributed by atoms with Gasteiger partial charge in [-0.1, -0.05) is 45.7 Å². The number of fused-ring (bicyclic) bond motifs is 1. The molecule has 3 N–H and O–H groups in total. The number of hydrogen-bond acceptors (Lipinski definition) is 3. The van der Waals surface area contributed by atoms with Crippen molar-refractivity contribution in [3.05, 3.63) is 69.1 Å². The lowest BCUT2D eigenvalue weighted by atomic mass is 10.0. The molecule has 0 aliphatic carbocycles. The van der Waals surface area contributed by atoms with Gasteiger partial charge in [-0.15, -0.1) is 0 Å². The minimum absolute atomic E-state index is 0.209. The minimum atomic E-state index is -0.461. The smallest absolute Gasteiger partial charge is 0.169 e. The van der Waals surface area contributed by atoms with E-state index < -0.39 is 11.9 Å². The number of rotatable bonds is 3. The van der Waals surface area contributed by atoms with Crippen LogP contribution in [0, 0.1) is 5.82 Å². The molecule has 0 spiro atoms. The van der Waals surface area contributed by atoms with E-state index in [1.165, 1.54) is 6.07 Å². The Morgan fingerprint density at radius 2 is 2.05 bits per heavy atom. The van der Waals surface area contributed by atoms with Gasteiger partial charge in [-0.05, 0) is 29.8 Å². The summed E-state index contributed by atoms with van der Waals surface area (Å²) in [5.74, 6) is 5.73. The molecule has 0 saturated heterocycles. The summed E-state index contributed by atoms with van der Waals surface area (Å²) in [5, 5.41) is 1.21. The van der Waals surface area contributed by atoms with Crippen molar-refractivity contribution in [1.82, 2.24) is 5.43 Å². The molecule has 108 valence electrons. The van der Waals surface area contributed by atoms with E-state index in [1.54, 1.807) is 24.3 Å². The molecule has 0 aliphatic rings. The maximum absolute atomic E-state index is 13.7. The van der Waals surface area contributed by atoms with Gasteiger partial charge in [0.2, 0.25) is 0 Å². The number of halogens is 3. The molecule has 6 heteroatoms. The van der Waals surface area contributed by atoms with E-state index >= 15 is 0 Å². The number of nitrogens with two attached hydrogens (primary N) is 1. The van der Waals surface area contributed by atoms with Gasteiger partial charge in [0.05, 0.1) is 0 Å². The Morgan fingerprint density at radius 3 is 2.71 bits per heavy atom. The number of furan rings is 1. The molecule has 0 aliphatic heterocycles. The SMILES string of the molecule is NNC(c1cc2cccc(F)c2o1)c1ccc(Br)cc1Cl. The van der Waals surface area contributed by atoms with Gasteiger partial charge in [0, 0.05) is 14.9 Å². The van der Waals surface area contributed by atoms with Crippen LogP contribution >= 0.6 is 27.5 Å². The lowest BCUT2D eigenvalue weighted by molar-refractivity contribution is 0.465. The molecule has 3 nitrogen and oxygen atoms in total. The molecule has 2 aromatic carbocycles. The fourth-order valence-corrected chi connectivity index (χ4v) is 3.03. The van der Waals surface area contributed by atoms with Crippen LogP contribution in [0.25, 0.3) is 11.0 Å². The van der Waals surface area contributed by atoms with Gasteiger partial charge in [0.1, 0.15) is 11.8 Å². The van der Waals surface area contributed by atoms with Crippen LogP contribution in [-0.2, 0) is 0 Å². The minimum Gasteiger partial charge on any atom is -0.456 e. The van der Waals surface area contributed by atoms with Crippen LogP contribution in [0.1, 0.15) is 17.4 Å². The van der Waals surface area contributed by atoms with Crippen molar-refractivity contribution in [3.63, 3.8) is 0 Å². The third-order valence-corrected chi connectivity index (χ3v) is 4.06. The summed E-state index contributed by atoms with van der Waals surface area (Å²) < 4.78 is 20.2. The molecular formula is C15H11BrClFN2O. The Labute approximate surface area is 134 Å². The third-order valence-electron chi connectivity index (χ3n) is 3.24. The zero-order chi connectivity index (χ0) is 15.0. The molecule has 1 atom stereocenters. The quantitative estimate of drug-likeness (QED) is 0.526. The summed E-state index contributed by atoms with van der Waals surface area (Å²) in [4.78, 5) is 0. The van der Waals surface area contributed by atoms with Crippen molar-refractivity contribution in [3.8, 4) is 0 Å². The first kappa shape index (κ1) is 14.5. The molecule has 3 aromatic rings. The Hall–Kier alpha value is -1.40. The van der Waals surface area contributed by atoms with E-state index in [0.29, 0.717) is 16.2 Å². The van der Waals surface area contributed by atoms with Gasteiger partial charge >= 0.3 is 0 Å².